The lowest BCUT2D eigenvalue weighted by Crippen LogP contribution is -2.24. The highest BCUT2D eigenvalue weighted by Gasteiger charge is 2.06. The highest BCUT2D eigenvalue weighted by Crippen LogP contribution is 2.10. The lowest BCUT2D eigenvalue weighted by Gasteiger charge is -2.03. The van der Waals surface area contributed by atoms with Crippen molar-refractivity contribution < 1.29 is 4.79 Å². The van der Waals surface area contributed by atoms with Gasteiger partial charge in [0.2, 0.25) is 5.91 Å². The Balaban J connectivity index is 1.55. The molecule has 0 atom stereocenters. The van der Waals surface area contributed by atoms with Gasteiger partial charge < -0.3 is 5.32 Å². The van der Waals surface area contributed by atoms with Crippen LogP contribution in [-0.2, 0) is 17.8 Å². The number of hydrogen-bond acceptors (Lipinski definition) is 4. The molecule has 0 radical (unpaired) electrons. The van der Waals surface area contributed by atoms with Crippen LogP contribution >= 0.6 is 11.6 Å². The fourth-order valence-corrected chi connectivity index (χ4v) is 2.16. The lowest BCUT2D eigenvalue weighted by molar-refractivity contribution is -0.120. The van der Waals surface area contributed by atoms with Crippen LogP contribution in [0.4, 0.5) is 0 Å². The SMILES string of the molecule is O=C(Cc1ccc(Cl)cc1)NCc1cn(-c2cccnc2)nn1. The topological polar surface area (TPSA) is 72.7 Å². The first-order valence-electron chi connectivity index (χ1n) is 7.03. The summed E-state index contributed by atoms with van der Waals surface area (Å²) in [7, 11) is 0. The molecule has 3 rings (SSSR count). The molecule has 6 nitrogen and oxygen atoms in total. The van der Waals surface area contributed by atoms with Crippen molar-refractivity contribution in [2.75, 3.05) is 0 Å². The highest BCUT2D eigenvalue weighted by atomic mass is 35.5. The number of carbonyl (C=O) groups excluding carboxylic acids is 1. The van der Waals surface area contributed by atoms with Crippen LogP contribution in [0.25, 0.3) is 5.69 Å². The van der Waals surface area contributed by atoms with Crippen LogP contribution in [-0.4, -0.2) is 25.9 Å². The lowest BCUT2D eigenvalue weighted by atomic mass is 10.1. The van der Waals surface area contributed by atoms with Crippen molar-refractivity contribution in [1.82, 2.24) is 25.3 Å². The van der Waals surface area contributed by atoms with Gasteiger partial charge in [0, 0.05) is 11.2 Å². The number of amides is 1. The third-order valence-corrected chi connectivity index (χ3v) is 3.45. The molecule has 1 amide bonds. The zero-order valence-corrected chi connectivity index (χ0v) is 12.9. The Hall–Kier alpha value is -2.73. The molecule has 0 aliphatic rings. The molecule has 7 heteroatoms. The molecular formula is C16H14ClN5O. The van der Waals surface area contributed by atoms with Gasteiger partial charge in [-0.3, -0.25) is 9.78 Å². The number of nitrogens with zero attached hydrogens (tertiary/aromatic N) is 4. The maximum atomic E-state index is 11.9. The quantitative estimate of drug-likeness (QED) is 0.779. The molecule has 0 saturated heterocycles. The molecule has 2 aromatic heterocycles. The van der Waals surface area contributed by atoms with E-state index < -0.39 is 0 Å². The van der Waals surface area contributed by atoms with Crippen LogP contribution in [0.1, 0.15) is 11.3 Å². The van der Waals surface area contributed by atoms with E-state index in [-0.39, 0.29) is 5.91 Å². The molecule has 116 valence electrons. The van der Waals surface area contributed by atoms with E-state index in [1.165, 1.54) is 0 Å². The summed E-state index contributed by atoms with van der Waals surface area (Å²) in [6.07, 6.45) is 5.45. The molecule has 0 aliphatic carbocycles. The third-order valence-electron chi connectivity index (χ3n) is 3.20. The molecule has 0 fully saturated rings. The van der Waals surface area contributed by atoms with Crippen LogP contribution in [0.15, 0.2) is 55.0 Å². The minimum atomic E-state index is -0.0803. The fourth-order valence-electron chi connectivity index (χ4n) is 2.03. The van der Waals surface area contributed by atoms with Gasteiger partial charge in [0.25, 0.3) is 0 Å². The van der Waals surface area contributed by atoms with Crippen LogP contribution in [0.2, 0.25) is 5.02 Å². The van der Waals surface area contributed by atoms with Gasteiger partial charge in [0.05, 0.1) is 31.0 Å². The Morgan fingerprint density at radius 2 is 2.04 bits per heavy atom. The average Bonchev–Trinajstić information content (AvgIpc) is 3.05. The summed E-state index contributed by atoms with van der Waals surface area (Å²) < 4.78 is 1.62. The Morgan fingerprint density at radius 1 is 1.22 bits per heavy atom. The fraction of sp³-hybridized carbons (Fsp3) is 0.125. The smallest absolute Gasteiger partial charge is 0.224 e. The number of benzene rings is 1. The van der Waals surface area contributed by atoms with E-state index in [1.54, 1.807) is 35.4 Å². The Kier molecular flexibility index (Phi) is 4.63. The van der Waals surface area contributed by atoms with E-state index in [9.17, 15) is 4.79 Å². The van der Waals surface area contributed by atoms with E-state index in [0.29, 0.717) is 23.7 Å². The van der Waals surface area contributed by atoms with E-state index >= 15 is 0 Å². The van der Waals surface area contributed by atoms with Crippen molar-refractivity contribution >= 4 is 17.5 Å². The van der Waals surface area contributed by atoms with Gasteiger partial charge in [-0.1, -0.05) is 28.9 Å². The third kappa shape index (κ3) is 4.14. The van der Waals surface area contributed by atoms with Crippen LogP contribution in [0.5, 0.6) is 0 Å². The zero-order chi connectivity index (χ0) is 16.1. The number of nitrogens with one attached hydrogen (secondary N) is 1. The van der Waals surface area contributed by atoms with Gasteiger partial charge >= 0.3 is 0 Å². The van der Waals surface area contributed by atoms with Gasteiger partial charge in [-0.2, -0.15) is 0 Å². The summed E-state index contributed by atoms with van der Waals surface area (Å²) in [5.74, 6) is -0.0803. The van der Waals surface area contributed by atoms with E-state index in [1.807, 2.05) is 24.3 Å². The molecule has 0 saturated carbocycles. The largest absolute Gasteiger partial charge is 0.350 e. The molecule has 1 aromatic carbocycles. The van der Waals surface area contributed by atoms with Gasteiger partial charge in [-0.05, 0) is 29.8 Å². The summed E-state index contributed by atoms with van der Waals surface area (Å²) in [4.78, 5) is 16.0. The minimum absolute atomic E-state index is 0.0803. The van der Waals surface area contributed by atoms with E-state index in [4.69, 9.17) is 11.6 Å². The number of rotatable bonds is 5. The molecule has 1 N–H and O–H groups in total. The van der Waals surface area contributed by atoms with Crippen LogP contribution in [0.3, 0.4) is 0 Å². The number of pyridine rings is 1. The predicted octanol–water partition coefficient (Wildman–Crippen LogP) is 2.17. The number of aromatic nitrogens is 4. The molecule has 2 heterocycles. The zero-order valence-electron chi connectivity index (χ0n) is 12.2. The standard InChI is InChI=1S/C16H14ClN5O/c17-13-5-3-12(4-6-13)8-16(23)19-9-14-11-22(21-20-14)15-2-1-7-18-10-15/h1-7,10-11H,8-9H2,(H,19,23). The normalized spacial score (nSPS) is 10.5. The second-order valence-corrected chi connectivity index (χ2v) is 5.38. The van der Waals surface area contributed by atoms with Crippen molar-refractivity contribution in [1.29, 1.82) is 0 Å². The molecule has 23 heavy (non-hydrogen) atoms. The second-order valence-electron chi connectivity index (χ2n) is 4.95. The Morgan fingerprint density at radius 3 is 2.78 bits per heavy atom. The molecule has 0 unspecified atom stereocenters. The first-order chi connectivity index (χ1) is 11.2. The van der Waals surface area contributed by atoms with Gasteiger partial charge in [-0.25, -0.2) is 4.68 Å². The van der Waals surface area contributed by atoms with Crippen molar-refractivity contribution in [3.63, 3.8) is 0 Å². The van der Waals surface area contributed by atoms with Crippen LogP contribution in [0, 0.1) is 0 Å². The minimum Gasteiger partial charge on any atom is -0.350 e. The predicted molar refractivity (Wildman–Crippen MR) is 86.2 cm³/mol. The van der Waals surface area contributed by atoms with E-state index in [2.05, 4.69) is 20.6 Å². The first-order valence-corrected chi connectivity index (χ1v) is 7.41. The van der Waals surface area contributed by atoms with Gasteiger partial charge in [0.15, 0.2) is 0 Å². The number of carbonyl (C=O) groups is 1. The van der Waals surface area contributed by atoms with Gasteiger partial charge in [0.1, 0.15) is 5.69 Å². The number of halogens is 1. The summed E-state index contributed by atoms with van der Waals surface area (Å²) >= 11 is 5.82. The molecule has 0 spiro atoms. The average molecular weight is 328 g/mol. The first kappa shape index (κ1) is 15.2. The maximum Gasteiger partial charge on any atom is 0.224 e. The van der Waals surface area contributed by atoms with Crippen LogP contribution < -0.4 is 5.32 Å². The molecule has 0 bridgehead atoms. The molecule has 3 aromatic rings. The molecule has 0 aliphatic heterocycles. The van der Waals surface area contributed by atoms with Crippen molar-refractivity contribution in [2.24, 2.45) is 0 Å². The monoisotopic (exact) mass is 327 g/mol. The van der Waals surface area contributed by atoms with E-state index in [0.717, 1.165) is 11.3 Å². The Labute approximate surface area is 138 Å². The number of hydrogen-bond donors (Lipinski definition) is 1. The van der Waals surface area contributed by atoms with Crippen molar-refractivity contribution in [2.45, 2.75) is 13.0 Å². The Bertz CT molecular complexity index is 786. The maximum absolute atomic E-state index is 11.9. The van der Waals surface area contributed by atoms with Gasteiger partial charge in [-0.15, -0.1) is 5.10 Å². The summed E-state index contributed by atoms with van der Waals surface area (Å²) in [5, 5.41) is 11.5. The molecular weight excluding hydrogens is 314 g/mol. The van der Waals surface area contributed by atoms with Crippen molar-refractivity contribution in [3.05, 3.63) is 71.3 Å². The summed E-state index contributed by atoms with van der Waals surface area (Å²) in [6.45, 7) is 0.326. The van der Waals surface area contributed by atoms with Crippen molar-refractivity contribution in [3.8, 4) is 5.69 Å². The highest BCUT2D eigenvalue weighted by molar-refractivity contribution is 6.30. The summed E-state index contributed by atoms with van der Waals surface area (Å²) in [5.41, 5.74) is 2.41. The summed E-state index contributed by atoms with van der Waals surface area (Å²) in [6, 6.07) is 10.9. The second kappa shape index (κ2) is 7.02.